The summed E-state index contributed by atoms with van der Waals surface area (Å²) < 4.78 is 24.5. The van der Waals surface area contributed by atoms with Crippen LogP contribution in [-0.4, -0.2) is 14.0 Å². The highest BCUT2D eigenvalue weighted by Gasteiger charge is 2.16. The maximum atomic E-state index is 12.2. The third-order valence-corrected chi connectivity index (χ3v) is 4.73. The summed E-state index contributed by atoms with van der Waals surface area (Å²) in [5.41, 5.74) is 3.14. The van der Waals surface area contributed by atoms with Crippen LogP contribution in [0.1, 0.15) is 31.9 Å². The van der Waals surface area contributed by atoms with Crippen LogP contribution in [0.4, 0.5) is 0 Å². The van der Waals surface area contributed by atoms with E-state index in [9.17, 15) is 8.42 Å². The smallest absolute Gasteiger partial charge is 0.216 e. The van der Waals surface area contributed by atoms with E-state index in [1.807, 2.05) is 42.5 Å². The van der Waals surface area contributed by atoms with Crippen LogP contribution in [-0.2, 0) is 21.8 Å². The number of rotatable bonds is 4. The Kier molecular flexibility index (Phi) is 4.81. The predicted molar refractivity (Wildman–Crippen MR) is 91.0 cm³/mol. The van der Waals surface area contributed by atoms with Gasteiger partial charge in [-0.15, -0.1) is 0 Å². The summed E-state index contributed by atoms with van der Waals surface area (Å²) in [6, 6.07) is 16.6. The van der Waals surface area contributed by atoms with Gasteiger partial charge in [0, 0.05) is 0 Å². The molecule has 0 bridgehead atoms. The minimum Gasteiger partial charge on any atom is -0.276 e. The lowest BCUT2D eigenvalue weighted by Crippen LogP contribution is -2.11. The third-order valence-electron chi connectivity index (χ3n) is 3.38. The molecule has 0 atom stereocenters. The largest absolute Gasteiger partial charge is 0.276 e. The first-order valence-electron chi connectivity index (χ1n) is 7.18. The molecule has 0 spiro atoms. The Balaban J connectivity index is 2.13. The van der Waals surface area contributed by atoms with Crippen molar-refractivity contribution in [3.8, 4) is 0 Å². The van der Waals surface area contributed by atoms with Crippen molar-refractivity contribution >= 4 is 15.4 Å². The average Bonchev–Trinajstić information content (AvgIpc) is 2.47. The fourth-order valence-electron chi connectivity index (χ4n) is 2.03. The van der Waals surface area contributed by atoms with Crippen LogP contribution >= 0.6 is 0 Å². The first-order valence-corrected chi connectivity index (χ1v) is 8.73. The van der Waals surface area contributed by atoms with Gasteiger partial charge < -0.3 is 0 Å². The van der Waals surface area contributed by atoms with Crippen LogP contribution in [0.3, 0.4) is 0 Å². The van der Waals surface area contributed by atoms with E-state index in [-0.39, 0.29) is 10.3 Å². The molecular formula is C18H21NO2S. The van der Waals surface area contributed by atoms with Crippen LogP contribution in [0, 0.1) is 0 Å². The van der Waals surface area contributed by atoms with Crippen LogP contribution in [0.25, 0.3) is 0 Å². The van der Waals surface area contributed by atoms with Crippen LogP contribution in [0.5, 0.6) is 0 Å². The van der Waals surface area contributed by atoms with Gasteiger partial charge >= 0.3 is 0 Å². The third kappa shape index (κ3) is 4.28. The van der Waals surface area contributed by atoms with E-state index >= 15 is 0 Å². The Hall–Kier alpha value is -1.94. The van der Waals surface area contributed by atoms with Gasteiger partial charge in [0.1, 0.15) is 5.55 Å². The molecule has 3 nitrogen and oxygen atoms in total. The molecule has 0 radical (unpaired) electrons. The molecule has 2 aromatic carbocycles. The minimum absolute atomic E-state index is 0.00366. The lowest BCUT2D eigenvalue weighted by Gasteiger charge is -2.18. The molecule has 0 amide bonds. The second-order valence-corrected chi connectivity index (χ2v) is 8.02. The van der Waals surface area contributed by atoms with Gasteiger partial charge in [0.15, 0.2) is 0 Å². The molecule has 0 fully saturated rings. The zero-order chi connectivity index (χ0) is 16.2. The summed E-state index contributed by atoms with van der Waals surface area (Å²) >= 11 is 0. The van der Waals surface area contributed by atoms with Gasteiger partial charge in [0.25, 0.3) is 0 Å². The summed E-state index contributed by atoms with van der Waals surface area (Å²) in [6.45, 7) is 6.65. The fraction of sp³-hybridized carbons (Fsp3) is 0.278. The standard InChI is InChI=1S/C18H21NO2S/c1-18(2,3)16-9-11-17(12-10-16)22(20,21)14-19-13-15-7-5-4-6-8-15/h4-12,14H,13H2,1-3H3/b19-14+. The lowest BCUT2D eigenvalue weighted by atomic mass is 9.87. The molecule has 2 aromatic rings. The summed E-state index contributed by atoms with van der Waals surface area (Å²) in [4.78, 5) is 4.32. The van der Waals surface area contributed by atoms with Gasteiger partial charge in [-0.3, -0.25) is 4.99 Å². The molecule has 0 aromatic heterocycles. The molecule has 0 N–H and O–H groups in total. The lowest BCUT2D eigenvalue weighted by molar-refractivity contribution is 0.588. The maximum absolute atomic E-state index is 12.2. The van der Waals surface area contributed by atoms with Crippen molar-refractivity contribution in [2.45, 2.75) is 37.6 Å². The zero-order valence-corrected chi connectivity index (χ0v) is 14.0. The SMILES string of the molecule is CC(C)(C)c1ccc(S(=O)(=O)/C=N/Cc2ccccc2)cc1. The Morgan fingerprint density at radius 1 is 0.955 bits per heavy atom. The number of benzene rings is 2. The van der Waals surface area contributed by atoms with Crippen LogP contribution in [0.15, 0.2) is 64.5 Å². The summed E-state index contributed by atoms with van der Waals surface area (Å²) in [7, 11) is -3.48. The Labute approximate surface area is 132 Å². The number of sulfone groups is 1. The van der Waals surface area contributed by atoms with E-state index in [2.05, 4.69) is 25.8 Å². The van der Waals surface area contributed by atoms with E-state index < -0.39 is 9.84 Å². The zero-order valence-electron chi connectivity index (χ0n) is 13.2. The molecule has 116 valence electrons. The van der Waals surface area contributed by atoms with Gasteiger partial charge in [-0.05, 0) is 28.7 Å². The van der Waals surface area contributed by atoms with Crippen molar-refractivity contribution in [2.75, 3.05) is 0 Å². The van der Waals surface area contributed by atoms with E-state index in [1.54, 1.807) is 12.1 Å². The molecular weight excluding hydrogens is 294 g/mol. The summed E-state index contributed by atoms with van der Waals surface area (Å²) in [5.74, 6) is 0. The first-order chi connectivity index (χ1) is 10.3. The number of hydrogen-bond donors (Lipinski definition) is 0. The number of hydrogen-bond acceptors (Lipinski definition) is 3. The van der Waals surface area contributed by atoms with E-state index in [1.165, 1.54) is 0 Å². The number of aliphatic imine (C=N–C) groups is 1. The van der Waals surface area contributed by atoms with E-state index in [0.717, 1.165) is 16.7 Å². The highest BCUT2D eigenvalue weighted by Crippen LogP contribution is 2.23. The number of nitrogens with zero attached hydrogens (tertiary/aromatic N) is 1. The predicted octanol–water partition coefficient (Wildman–Crippen LogP) is 3.99. The second kappa shape index (κ2) is 6.44. The molecule has 0 unspecified atom stereocenters. The van der Waals surface area contributed by atoms with Gasteiger partial charge in [-0.1, -0.05) is 63.2 Å². The quantitative estimate of drug-likeness (QED) is 0.632. The van der Waals surface area contributed by atoms with Crippen molar-refractivity contribution in [3.05, 3.63) is 65.7 Å². The highest BCUT2D eigenvalue weighted by molar-refractivity contribution is 8.04. The van der Waals surface area contributed by atoms with Gasteiger partial charge in [0.2, 0.25) is 9.84 Å². The Morgan fingerprint density at radius 2 is 1.55 bits per heavy atom. The molecule has 4 heteroatoms. The molecule has 0 heterocycles. The van der Waals surface area contributed by atoms with Crippen molar-refractivity contribution in [1.82, 2.24) is 0 Å². The van der Waals surface area contributed by atoms with Crippen molar-refractivity contribution in [1.29, 1.82) is 0 Å². The molecule has 0 aliphatic heterocycles. The highest BCUT2D eigenvalue weighted by atomic mass is 32.2. The van der Waals surface area contributed by atoms with E-state index in [0.29, 0.717) is 6.54 Å². The maximum Gasteiger partial charge on any atom is 0.216 e. The van der Waals surface area contributed by atoms with Gasteiger partial charge in [0.05, 0.1) is 11.4 Å². The van der Waals surface area contributed by atoms with Crippen molar-refractivity contribution in [3.63, 3.8) is 0 Å². The molecule has 22 heavy (non-hydrogen) atoms. The molecule has 2 rings (SSSR count). The van der Waals surface area contributed by atoms with Crippen LogP contribution < -0.4 is 0 Å². The monoisotopic (exact) mass is 315 g/mol. The normalized spacial score (nSPS) is 12.7. The Morgan fingerprint density at radius 3 is 2.09 bits per heavy atom. The Bertz CT molecular complexity index is 740. The van der Waals surface area contributed by atoms with E-state index in [4.69, 9.17) is 0 Å². The van der Waals surface area contributed by atoms with Gasteiger partial charge in [-0.2, -0.15) is 0 Å². The summed E-state index contributed by atoms with van der Waals surface area (Å²) in [5, 5.41) is 0. The van der Waals surface area contributed by atoms with Crippen molar-refractivity contribution < 1.29 is 8.42 Å². The molecule has 0 aliphatic rings. The van der Waals surface area contributed by atoms with Crippen molar-refractivity contribution in [2.24, 2.45) is 4.99 Å². The first kappa shape index (κ1) is 16.4. The van der Waals surface area contributed by atoms with Gasteiger partial charge in [-0.25, -0.2) is 8.42 Å². The topological polar surface area (TPSA) is 46.5 Å². The molecule has 0 saturated carbocycles. The van der Waals surface area contributed by atoms with Crippen LogP contribution in [0.2, 0.25) is 0 Å². The minimum atomic E-state index is -3.48. The molecule has 0 aliphatic carbocycles. The second-order valence-electron chi connectivity index (χ2n) is 6.25. The molecule has 0 saturated heterocycles. The fourth-order valence-corrected chi connectivity index (χ4v) is 2.94. The summed E-state index contributed by atoms with van der Waals surface area (Å²) in [6.07, 6.45) is 0. The average molecular weight is 315 g/mol.